The average Bonchev–Trinajstić information content (AvgIpc) is 3.03. The number of benzene rings is 2. The van der Waals surface area contributed by atoms with Crippen LogP contribution >= 0.6 is 11.6 Å². The van der Waals surface area contributed by atoms with Gasteiger partial charge in [0.15, 0.2) is 15.7 Å². The number of amides is 1. The van der Waals surface area contributed by atoms with E-state index in [1.165, 1.54) is 11.0 Å². The number of carbonyl (C=O) groups excluding carboxylic acids is 1. The van der Waals surface area contributed by atoms with Gasteiger partial charge >= 0.3 is 6.01 Å². The summed E-state index contributed by atoms with van der Waals surface area (Å²) in [5.41, 5.74) is 1.68. The summed E-state index contributed by atoms with van der Waals surface area (Å²) in [6.45, 7) is 12.8. The molecule has 0 aliphatic carbocycles. The number of fused-ring (bicyclic) bond motifs is 2. The van der Waals surface area contributed by atoms with Crippen LogP contribution in [0.5, 0.6) is 6.01 Å². The van der Waals surface area contributed by atoms with Crippen LogP contribution in [0.2, 0.25) is 5.02 Å². The molecule has 11 nitrogen and oxygen atoms in total. The van der Waals surface area contributed by atoms with E-state index in [0.29, 0.717) is 49.5 Å². The second kappa shape index (κ2) is 13.1. The summed E-state index contributed by atoms with van der Waals surface area (Å²) in [6, 6.07) is 8.18. The van der Waals surface area contributed by atoms with Crippen molar-refractivity contribution in [2.75, 3.05) is 81.3 Å². The van der Waals surface area contributed by atoms with Gasteiger partial charge in [0.1, 0.15) is 24.3 Å². The molecule has 2 saturated heterocycles. The van der Waals surface area contributed by atoms with Crippen molar-refractivity contribution in [3.63, 3.8) is 0 Å². The molecule has 0 N–H and O–H groups in total. The van der Waals surface area contributed by atoms with Gasteiger partial charge in [0.05, 0.1) is 28.8 Å². The summed E-state index contributed by atoms with van der Waals surface area (Å²) >= 11 is 6.48. The van der Waals surface area contributed by atoms with Gasteiger partial charge in [0.25, 0.3) is 5.91 Å². The van der Waals surface area contributed by atoms with E-state index < -0.39 is 38.8 Å². The van der Waals surface area contributed by atoms with Crippen molar-refractivity contribution in [2.24, 2.45) is 5.41 Å². The molecule has 0 saturated carbocycles. The molecular formula is C33H36ClF2N7O4S. The summed E-state index contributed by atoms with van der Waals surface area (Å²) in [7, 11) is 0.594. The summed E-state index contributed by atoms with van der Waals surface area (Å²) < 4.78 is 59.1. The topological polar surface area (TPSA) is 104 Å². The molecule has 15 heteroatoms. The van der Waals surface area contributed by atoms with Crippen LogP contribution < -0.4 is 14.5 Å². The van der Waals surface area contributed by atoms with Crippen molar-refractivity contribution in [2.45, 2.75) is 19.0 Å². The highest BCUT2D eigenvalue weighted by atomic mass is 35.5. The number of sulfone groups is 1. The van der Waals surface area contributed by atoms with Crippen LogP contribution in [0.3, 0.4) is 0 Å². The third-order valence-corrected chi connectivity index (χ3v) is 11.5. The Balaban J connectivity index is 1.36. The Kier molecular flexibility index (Phi) is 9.23. The van der Waals surface area contributed by atoms with Crippen molar-refractivity contribution in [1.82, 2.24) is 19.8 Å². The molecule has 6 rings (SSSR count). The summed E-state index contributed by atoms with van der Waals surface area (Å²) in [5.74, 6) is -1.85. The number of hydrogen-bond acceptors (Lipinski definition) is 9. The number of piperazine rings is 1. The predicted octanol–water partition coefficient (Wildman–Crippen LogP) is 3.76. The first-order chi connectivity index (χ1) is 22.8. The van der Waals surface area contributed by atoms with Crippen LogP contribution in [-0.4, -0.2) is 112 Å². The number of nitrogens with zero attached hydrogens (tertiary/aromatic N) is 7. The first-order valence-corrected chi connectivity index (χ1v) is 17.7. The Bertz CT molecular complexity index is 1920. The quantitative estimate of drug-likeness (QED) is 0.244. The molecule has 1 amide bonds. The van der Waals surface area contributed by atoms with Gasteiger partial charge in [0, 0.05) is 54.8 Å². The van der Waals surface area contributed by atoms with Crippen molar-refractivity contribution >= 4 is 49.6 Å². The SMILES string of the molecule is [C-]#[N+]C[C@H]1CN(c2nc(OCC3(CN(C)C)CS(=O)(=O)C3)nc3c2CCN(c2cccc4ccc(F)c(Cl)c24)C3)CCN1C(=O)C(=C)F. The molecule has 0 bridgehead atoms. The Morgan fingerprint density at radius 2 is 1.96 bits per heavy atom. The summed E-state index contributed by atoms with van der Waals surface area (Å²) in [6.07, 6.45) is 0.519. The second-order valence-electron chi connectivity index (χ2n) is 13.1. The van der Waals surface area contributed by atoms with E-state index in [0.717, 1.165) is 16.6 Å². The monoisotopic (exact) mass is 699 g/mol. The standard InChI is InChI=1S/C33H36ClF2N7O4S/c1-21(35)31(44)43-13-12-42(15-23(43)14-37-2)30-24-10-11-41(27-7-5-6-22-8-9-25(36)29(34)28(22)27)16-26(24)38-32(39-30)47-18-33(17-40(3)4)19-48(45,46)20-33/h5-9,23H,1,10-20H2,3-4H3/t23-/m0/s1. The van der Waals surface area contributed by atoms with E-state index in [1.54, 1.807) is 6.07 Å². The zero-order valence-corrected chi connectivity index (χ0v) is 28.3. The van der Waals surface area contributed by atoms with E-state index in [1.807, 2.05) is 42.1 Å². The maximum atomic E-state index is 14.6. The Morgan fingerprint density at radius 1 is 1.19 bits per heavy atom. The van der Waals surface area contributed by atoms with Gasteiger partial charge in [-0.25, -0.2) is 23.8 Å². The third kappa shape index (κ3) is 6.63. The minimum Gasteiger partial charge on any atom is -0.463 e. The first kappa shape index (κ1) is 33.8. The number of rotatable bonds is 9. The van der Waals surface area contributed by atoms with Crippen molar-refractivity contribution < 1.29 is 26.7 Å². The lowest BCUT2D eigenvalue weighted by Gasteiger charge is -2.42. The maximum absolute atomic E-state index is 14.6. The number of aromatic nitrogens is 2. The van der Waals surface area contributed by atoms with Gasteiger partial charge in [-0.2, -0.15) is 9.97 Å². The summed E-state index contributed by atoms with van der Waals surface area (Å²) in [5, 5.41) is 1.44. The minimum atomic E-state index is -3.16. The molecule has 0 spiro atoms. The van der Waals surface area contributed by atoms with E-state index >= 15 is 0 Å². The molecule has 0 unspecified atom stereocenters. The van der Waals surface area contributed by atoms with Crippen molar-refractivity contribution in [1.29, 1.82) is 0 Å². The van der Waals surface area contributed by atoms with E-state index in [4.69, 9.17) is 32.9 Å². The Morgan fingerprint density at radius 3 is 2.65 bits per heavy atom. The van der Waals surface area contributed by atoms with E-state index in [9.17, 15) is 22.0 Å². The number of halogens is 3. The number of anilines is 2. The molecule has 3 aliphatic rings. The molecule has 3 aromatic rings. The molecular weight excluding hydrogens is 664 g/mol. The maximum Gasteiger partial charge on any atom is 0.318 e. The van der Waals surface area contributed by atoms with Crippen molar-refractivity contribution in [3.05, 3.63) is 76.3 Å². The van der Waals surface area contributed by atoms with Gasteiger partial charge in [-0.3, -0.25) is 4.79 Å². The van der Waals surface area contributed by atoms with Gasteiger partial charge < -0.3 is 29.2 Å². The lowest BCUT2D eigenvalue weighted by atomic mass is 9.92. The zero-order chi connectivity index (χ0) is 34.4. The van der Waals surface area contributed by atoms with Crippen molar-refractivity contribution in [3.8, 4) is 6.01 Å². The minimum absolute atomic E-state index is 0.00366. The zero-order valence-electron chi connectivity index (χ0n) is 26.8. The fourth-order valence-electron chi connectivity index (χ4n) is 7.21. The van der Waals surface area contributed by atoms with Crippen LogP contribution in [0.4, 0.5) is 20.3 Å². The molecule has 254 valence electrons. The third-order valence-electron chi connectivity index (χ3n) is 9.07. The number of ether oxygens (including phenoxy) is 1. The number of carbonyl (C=O) groups is 1. The Hall–Kier alpha value is -4.06. The predicted molar refractivity (Wildman–Crippen MR) is 180 cm³/mol. The van der Waals surface area contributed by atoms with E-state index in [-0.39, 0.29) is 48.8 Å². The van der Waals surface area contributed by atoms with Gasteiger partial charge in [-0.1, -0.05) is 36.4 Å². The molecule has 2 fully saturated rings. The first-order valence-electron chi connectivity index (χ1n) is 15.5. The van der Waals surface area contributed by atoms with E-state index in [2.05, 4.69) is 16.3 Å². The van der Waals surface area contributed by atoms with Crippen LogP contribution in [-0.2, 0) is 27.6 Å². The van der Waals surface area contributed by atoms with Gasteiger partial charge in [0.2, 0.25) is 6.54 Å². The molecule has 2 aromatic carbocycles. The second-order valence-corrected chi connectivity index (χ2v) is 15.5. The van der Waals surface area contributed by atoms with Gasteiger partial charge in [-0.05, 0) is 38.0 Å². The van der Waals surface area contributed by atoms with Crippen LogP contribution in [0.1, 0.15) is 11.3 Å². The smallest absolute Gasteiger partial charge is 0.318 e. The molecule has 4 heterocycles. The lowest BCUT2D eigenvalue weighted by molar-refractivity contribution is -0.131. The summed E-state index contributed by atoms with van der Waals surface area (Å²) in [4.78, 5) is 33.0. The number of hydrogen-bond donors (Lipinski definition) is 0. The van der Waals surface area contributed by atoms with Crippen LogP contribution in [0.25, 0.3) is 15.6 Å². The van der Waals surface area contributed by atoms with Crippen LogP contribution in [0.15, 0.2) is 42.7 Å². The molecule has 48 heavy (non-hydrogen) atoms. The fraction of sp³-hybridized carbons (Fsp3) is 0.455. The average molecular weight is 700 g/mol. The largest absolute Gasteiger partial charge is 0.463 e. The van der Waals surface area contributed by atoms with Gasteiger partial charge in [-0.15, -0.1) is 0 Å². The highest BCUT2D eigenvalue weighted by Gasteiger charge is 2.49. The Labute approximate surface area is 283 Å². The molecule has 3 aliphatic heterocycles. The highest BCUT2D eigenvalue weighted by Crippen LogP contribution is 2.39. The fourth-order valence-corrected chi connectivity index (χ4v) is 9.61. The lowest BCUT2D eigenvalue weighted by Crippen LogP contribution is -2.57. The highest BCUT2D eigenvalue weighted by molar-refractivity contribution is 7.92. The van der Waals surface area contributed by atoms with Crippen LogP contribution in [0, 0.1) is 17.8 Å². The molecule has 1 aromatic heterocycles. The molecule has 1 atom stereocenters. The molecule has 0 radical (unpaired) electrons. The normalized spacial score (nSPS) is 19.9.